The minimum Gasteiger partial charge on any atom is -0.480 e. The molecule has 2 heterocycles. The topological polar surface area (TPSA) is 79.3 Å². The van der Waals surface area contributed by atoms with Crippen LogP contribution in [0.25, 0.3) is 9.88 Å². The Bertz CT molecular complexity index is 693. The summed E-state index contributed by atoms with van der Waals surface area (Å²) in [5.41, 5.74) is 0.270. The Balaban J connectivity index is 1.73. The zero-order valence-corrected chi connectivity index (χ0v) is 13.9. The number of rotatable bonds is 5. The molecule has 3 rings (SSSR count). The Labute approximate surface area is 137 Å². The Kier molecular flexibility index (Phi) is 4.10. The first-order valence-corrected chi connectivity index (χ1v) is 8.78. The highest BCUT2D eigenvalue weighted by atomic mass is 79.9. The second-order valence-electron chi connectivity index (χ2n) is 4.77. The zero-order chi connectivity index (χ0) is 15.0. The molecule has 0 bridgehead atoms. The van der Waals surface area contributed by atoms with E-state index in [0.29, 0.717) is 0 Å². The van der Waals surface area contributed by atoms with Crippen molar-refractivity contribution in [3.63, 3.8) is 0 Å². The van der Waals surface area contributed by atoms with Gasteiger partial charge in [0.15, 0.2) is 0 Å². The Morgan fingerprint density at radius 1 is 1.43 bits per heavy atom. The average Bonchev–Trinajstić information content (AvgIpc) is 2.98. The minimum absolute atomic E-state index is 0.0535. The van der Waals surface area contributed by atoms with Crippen LogP contribution >= 0.6 is 38.6 Å². The van der Waals surface area contributed by atoms with Gasteiger partial charge < -0.3 is 10.4 Å². The third kappa shape index (κ3) is 3.33. The highest BCUT2D eigenvalue weighted by Gasteiger charge is 2.37. The molecular weight excluding hydrogens is 376 g/mol. The lowest BCUT2D eigenvalue weighted by Crippen LogP contribution is -2.42. The van der Waals surface area contributed by atoms with Gasteiger partial charge in [-0.2, -0.15) is 0 Å². The van der Waals surface area contributed by atoms with Gasteiger partial charge in [0.25, 0.3) is 5.91 Å². The van der Waals surface area contributed by atoms with E-state index in [1.165, 1.54) is 22.7 Å². The molecule has 1 aliphatic carbocycles. The molecule has 2 aromatic rings. The molecule has 1 atom stereocenters. The van der Waals surface area contributed by atoms with Crippen molar-refractivity contribution in [3.05, 3.63) is 27.0 Å². The van der Waals surface area contributed by atoms with E-state index < -0.39 is 17.9 Å². The molecule has 0 saturated heterocycles. The van der Waals surface area contributed by atoms with Crippen molar-refractivity contribution in [3.8, 4) is 9.88 Å². The molecule has 0 spiro atoms. The van der Waals surface area contributed by atoms with Gasteiger partial charge in [0.2, 0.25) is 0 Å². The SMILES string of the molecule is O=C(NC(C(=O)O)C1CC1)c1csc(-c2ccc(Br)s2)n1. The maximum atomic E-state index is 12.1. The molecule has 1 aliphatic rings. The smallest absolute Gasteiger partial charge is 0.326 e. The van der Waals surface area contributed by atoms with E-state index >= 15 is 0 Å². The quantitative estimate of drug-likeness (QED) is 0.826. The van der Waals surface area contributed by atoms with Crippen LogP contribution in [0.4, 0.5) is 0 Å². The van der Waals surface area contributed by atoms with Gasteiger partial charge in [0.1, 0.15) is 16.7 Å². The predicted octanol–water partition coefficient (Wildman–Crippen LogP) is 3.23. The van der Waals surface area contributed by atoms with Gasteiger partial charge in [-0.1, -0.05) is 0 Å². The average molecular weight is 387 g/mol. The van der Waals surface area contributed by atoms with E-state index in [1.807, 2.05) is 12.1 Å². The molecule has 0 radical (unpaired) electrons. The van der Waals surface area contributed by atoms with Crippen LogP contribution in [-0.2, 0) is 4.79 Å². The number of nitrogens with zero attached hydrogens (tertiary/aromatic N) is 1. The van der Waals surface area contributed by atoms with Gasteiger partial charge in [0.05, 0.1) is 8.66 Å². The third-order valence-corrected chi connectivity index (χ3v) is 5.80. The lowest BCUT2D eigenvalue weighted by molar-refractivity contribution is -0.139. The second kappa shape index (κ2) is 5.86. The Morgan fingerprint density at radius 3 is 2.76 bits per heavy atom. The van der Waals surface area contributed by atoms with Gasteiger partial charge in [-0.25, -0.2) is 9.78 Å². The fraction of sp³-hybridized carbons (Fsp3) is 0.308. The minimum atomic E-state index is -0.983. The van der Waals surface area contributed by atoms with Crippen molar-refractivity contribution >= 4 is 50.5 Å². The number of halogens is 1. The summed E-state index contributed by atoms with van der Waals surface area (Å²) in [5.74, 6) is -1.35. The summed E-state index contributed by atoms with van der Waals surface area (Å²) in [6.07, 6.45) is 1.70. The largest absolute Gasteiger partial charge is 0.480 e. The Morgan fingerprint density at radius 2 is 2.19 bits per heavy atom. The number of thiazole rings is 1. The van der Waals surface area contributed by atoms with Gasteiger partial charge in [-0.05, 0) is 46.8 Å². The molecule has 0 aliphatic heterocycles. The number of carbonyl (C=O) groups excluding carboxylic acids is 1. The van der Waals surface area contributed by atoms with E-state index in [0.717, 1.165) is 26.5 Å². The van der Waals surface area contributed by atoms with Crippen LogP contribution in [0.3, 0.4) is 0 Å². The molecule has 110 valence electrons. The maximum absolute atomic E-state index is 12.1. The molecule has 1 saturated carbocycles. The van der Waals surface area contributed by atoms with Crippen LogP contribution in [0.2, 0.25) is 0 Å². The zero-order valence-electron chi connectivity index (χ0n) is 10.7. The highest BCUT2D eigenvalue weighted by Crippen LogP contribution is 2.34. The van der Waals surface area contributed by atoms with Gasteiger partial charge in [-0.3, -0.25) is 4.79 Å². The van der Waals surface area contributed by atoms with Crippen LogP contribution in [0.5, 0.6) is 0 Å². The van der Waals surface area contributed by atoms with Crippen molar-refractivity contribution in [1.82, 2.24) is 10.3 Å². The Hall–Kier alpha value is -1.25. The van der Waals surface area contributed by atoms with Gasteiger partial charge in [-0.15, -0.1) is 22.7 Å². The number of hydrogen-bond acceptors (Lipinski definition) is 5. The van der Waals surface area contributed by atoms with Crippen molar-refractivity contribution in [2.75, 3.05) is 0 Å². The predicted molar refractivity (Wildman–Crippen MR) is 84.7 cm³/mol. The number of hydrogen-bond donors (Lipinski definition) is 2. The number of carbonyl (C=O) groups is 2. The first kappa shape index (κ1) is 14.7. The number of nitrogens with one attached hydrogen (secondary N) is 1. The number of aliphatic carboxylic acids is 1. The standard InChI is InChI=1S/C13H11BrN2O3S2/c14-9-4-3-8(21-9)12-15-7(5-20-12)11(17)16-10(13(18)19)6-1-2-6/h3-6,10H,1-2H2,(H,16,17)(H,18,19). The lowest BCUT2D eigenvalue weighted by Gasteiger charge is -2.12. The molecular formula is C13H11BrN2O3S2. The number of amides is 1. The number of thiophene rings is 1. The molecule has 21 heavy (non-hydrogen) atoms. The summed E-state index contributed by atoms with van der Waals surface area (Å²) >= 11 is 6.30. The van der Waals surface area contributed by atoms with Crippen molar-refractivity contribution in [2.24, 2.45) is 5.92 Å². The highest BCUT2D eigenvalue weighted by molar-refractivity contribution is 9.11. The summed E-state index contributed by atoms with van der Waals surface area (Å²) in [7, 11) is 0. The third-order valence-electron chi connectivity index (χ3n) is 3.17. The fourth-order valence-electron chi connectivity index (χ4n) is 1.95. The van der Waals surface area contributed by atoms with E-state index in [-0.39, 0.29) is 11.6 Å². The molecule has 1 fully saturated rings. The maximum Gasteiger partial charge on any atom is 0.326 e. The van der Waals surface area contributed by atoms with Crippen molar-refractivity contribution in [2.45, 2.75) is 18.9 Å². The molecule has 1 unspecified atom stereocenters. The monoisotopic (exact) mass is 386 g/mol. The van der Waals surface area contributed by atoms with E-state index in [2.05, 4.69) is 26.2 Å². The first-order valence-electron chi connectivity index (χ1n) is 6.29. The lowest BCUT2D eigenvalue weighted by atomic mass is 10.2. The van der Waals surface area contributed by atoms with Crippen molar-refractivity contribution in [1.29, 1.82) is 0 Å². The molecule has 8 heteroatoms. The van der Waals surface area contributed by atoms with Crippen LogP contribution in [0.15, 0.2) is 21.3 Å². The van der Waals surface area contributed by atoms with Crippen LogP contribution in [-0.4, -0.2) is 28.0 Å². The van der Waals surface area contributed by atoms with Gasteiger partial charge >= 0.3 is 5.97 Å². The van der Waals surface area contributed by atoms with E-state index in [9.17, 15) is 9.59 Å². The second-order valence-corrected chi connectivity index (χ2v) is 8.09. The van der Waals surface area contributed by atoms with E-state index in [1.54, 1.807) is 5.38 Å². The van der Waals surface area contributed by atoms with Crippen molar-refractivity contribution < 1.29 is 14.7 Å². The summed E-state index contributed by atoms with van der Waals surface area (Å²) in [6, 6.07) is 3.05. The van der Waals surface area contributed by atoms with Crippen LogP contribution < -0.4 is 5.32 Å². The number of aromatic nitrogens is 1. The summed E-state index contributed by atoms with van der Waals surface area (Å²) in [4.78, 5) is 28.5. The normalized spacial score (nSPS) is 15.7. The number of carboxylic acids is 1. The molecule has 0 aromatic carbocycles. The number of carboxylic acid groups (broad SMARTS) is 1. The van der Waals surface area contributed by atoms with Crippen LogP contribution in [0.1, 0.15) is 23.3 Å². The first-order chi connectivity index (χ1) is 10.0. The fourth-order valence-corrected chi connectivity index (χ4v) is 4.20. The molecule has 2 N–H and O–H groups in total. The van der Waals surface area contributed by atoms with Gasteiger partial charge in [0, 0.05) is 5.38 Å². The van der Waals surface area contributed by atoms with Crippen LogP contribution in [0, 0.1) is 5.92 Å². The summed E-state index contributed by atoms with van der Waals surface area (Å²) in [6.45, 7) is 0. The van der Waals surface area contributed by atoms with E-state index in [4.69, 9.17) is 5.11 Å². The molecule has 5 nitrogen and oxygen atoms in total. The molecule has 2 aromatic heterocycles. The summed E-state index contributed by atoms with van der Waals surface area (Å²) in [5, 5.41) is 14.1. The summed E-state index contributed by atoms with van der Waals surface area (Å²) < 4.78 is 0.998. The molecule has 1 amide bonds.